The molecule has 0 unspecified atom stereocenters. The Morgan fingerprint density at radius 1 is 1.75 bits per heavy atom. The van der Waals surface area contributed by atoms with E-state index >= 15 is 0 Å². The Hall–Kier alpha value is -1.50. The van der Waals surface area contributed by atoms with Gasteiger partial charge in [-0.1, -0.05) is 5.16 Å². The topological polar surface area (TPSA) is 92.1 Å². The average molecular weight is 290 g/mol. The zero-order chi connectivity index (χ0) is 12.1. The predicted octanol–water partition coefficient (Wildman–Crippen LogP) is 1.25. The standard InChI is InChI=1S/C9H12BrN3O3/c1-2-13(5-7(11)12-15)9(14)6-3-4-16-8(6)10/h3-4,15H,2,5H2,1H3,(H2,11,12). The number of halogens is 1. The van der Waals surface area contributed by atoms with Crippen LogP contribution in [-0.4, -0.2) is 34.9 Å². The quantitative estimate of drug-likeness (QED) is 0.378. The lowest BCUT2D eigenvalue weighted by molar-refractivity contribution is 0.0784. The molecule has 0 saturated heterocycles. The number of carbonyl (C=O) groups excluding carboxylic acids is 1. The molecule has 0 atom stereocenters. The number of amides is 1. The molecule has 0 saturated carbocycles. The molecule has 88 valence electrons. The summed E-state index contributed by atoms with van der Waals surface area (Å²) in [5.74, 6) is -0.260. The van der Waals surface area contributed by atoms with E-state index in [0.29, 0.717) is 16.8 Å². The highest BCUT2D eigenvalue weighted by atomic mass is 79.9. The van der Waals surface area contributed by atoms with Crippen molar-refractivity contribution in [3.63, 3.8) is 0 Å². The van der Waals surface area contributed by atoms with Crippen molar-refractivity contribution in [2.75, 3.05) is 13.1 Å². The highest BCUT2D eigenvalue weighted by Crippen LogP contribution is 2.19. The minimum atomic E-state index is -0.241. The summed E-state index contributed by atoms with van der Waals surface area (Å²) in [5.41, 5.74) is 5.76. The number of hydrogen-bond acceptors (Lipinski definition) is 4. The molecule has 1 amide bonds. The van der Waals surface area contributed by atoms with Gasteiger partial charge in [0, 0.05) is 6.54 Å². The molecule has 1 aromatic heterocycles. The molecule has 1 heterocycles. The van der Waals surface area contributed by atoms with Gasteiger partial charge in [-0.3, -0.25) is 4.79 Å². The normalized spacial score (nSPS) is 11.5. The first-order valence-electron chi connectivity index (χ1n) is 4.58. The number of rotatable bonds is 4. The predicted molar refractivity (Wildman–Crippen MR) is 61.4 cm³/mol. The SMILES string of the molecule is CCN(C/C(N)=N/O)C(=O)c1ccoc1Br. The van der Waals surface area contributed by atoms with Crippen molar-refractivity contribution in [2.45, 2.75) is 6.92 Å². The summed E-state index contributed by atoms with van der Waals surface area (Å²) in [7, 11) is 0. The van der Waals surface area contributed by atoms with Crippen LogP contribution in [0, 0.1) is 0 Å². The lowest BCUT2D eigenvalue weighted by Crippen LogP contribution is -2.38. The van der Waals surface area contributed by atoms with Gasteiger partial charge in [-0.25, -0.2) is 0 Å². The van der Waals surface area contributed by atoms with Crippen LogP contribution in [-0.2, 0) is 0 Å². The van der Waals surface area contributed by atoms with Crippen LogP contribution in [0.25, 0.3) is 0 Å². The molecule has 0 aliphatic rings. The fraction of sp³-hybridized carbons (Fsp3) is 0.333. The van der Waals surface area contributed by atoms with Gasteiger partial charge >= 0.3 is 0 Å². The summed E-state index contributed by atoms with van der Waals surface area (Å²) < 4.78 is 5.34. The fourth-order valence-corrected chi connectivity index (χ4v) is 1.58. The fourth-order valence-electron chi connectivity index (χ4n) is 1.17. The van der Waals surface area contributed by atoms with Crippen LogP contribution in [0.15, 0.2) is 26.6 Å². The van der Waals surface area contributed by atoms with Gasteiger partial charge in [0.05, 0.1) is 18.4 Å². The van der Waals surface area contributed by atoms with Crippen molar-refractivity contribution in [2.24, 2.45) is 10.9 Å². The minimum Gasteiger partial charge on any atom is -0.457 e. The van der Waals surface area contributed by atoms with Crippen LogP contribution >= 0.6 is 15.9 Å². The second kappa shape index (κ2) is 5.55. The molecule has 0 radical (unpaired) electrons. The highest BCUT2D eigenvalue weighted by Gasteiger charge is 2.19. The molecule has 0 spiro atoms. The van der Waals surface area contributed by atoms with E-state index in [0.717, 1.165) is 0 Å². The molecule has 0 fully saturated rings. The number of likely N-dealkylation sites (N-methyl/N-ethyl adjacent to an activating group) is 1. The monoisotopic (exact) mass is 289 g/mol. The van der Waals surface area contributed by atoms with Crippen LogP contribution in [0.5, 0.6) is 0 Å². The summed E-state index contributed by atoms with van der Waals surface area (Å²) >= 11 is 3.12. The lowest BCUT2D eigenvalue weighted by atomic mass is 10.3. The Balaban J connectivity index is 2.82. The zero-order valence-corrected chi connectivity index (χ0v) is 10.3. The molecule has 6 nitrogen and oxygen atoms in total. The molecule has 0 bridgehead atoms. The summed E-state index contributed by atoms with van der Waals surface area (Å²) in [5, 5.41) is 11.3. The smallest absolute Gasteiger partial charge is 0.258 e. The van der Waals surface area contributed by atoms with E-state index in [1.54, 1.807) is 13.0 Å². The van der Waals surface area contributed by atoms with Gasteiger partial charge in [-0.15, -0.1) is 0 Å². The van der Waals surface area contributed by atoms with E-state index in [1.807, 2.05) is 0 Å². The van der Waals surface area contributed by atoms with Gasteiger partial charge < -0.3 is 20.3 Å². The molecule has 0 aliphatic heterocycles. The third kappa shape index (κ3) is 2.75. The molecule has 1 aromatic rings. The lowest BCUT2D eigenvalue weighted by Gasteiger charge is -2.19. The largest absolute Gasteiger partial charge is 0.457 e. The van der Waals surface area contributed by atoms with Crippen molar-refractivity contribution in [3.05, 3.63) is 22.6 Å². The van der Waals surface area contributed by atoms with E-state index in [1.165, 1.54) is 11.2 Å². The Morgan fingerprint density at radius 3 is 2.88 bits per heavy atom. The average Bonchev–Trinajstić information content (AvgIpc) is 2.71. The maximum Gasteiger partial charge on any atom is 0.258 e. The van der Waals surface area contributed by atoms with Gasteiger partial charge in [0.25, 0.3) is 5.91 Å². The first kappa shape index (κ1) is 12.6. The summed E-state index contributed by atoms with van der Waals surface area (Å²) in [6.07, 6.45) is 1.41. The summed E-state index contributed by atoms with van der Waals surface area (Å²) in [6, 6.07) is 1.56. The van der Waals surface area contributed by atoms with Crippen LogP contribution < -0.4 is 5.73 Å². The maximum atomic E-state index is 12.0. The van der Waals surface area contributed by atoms with Crippen molar-refractivity contribution in [3.8, 4) is 0 Å². The second-order valence-electron chi connectivity index (χ2n) is 3.02. The molecule has 1 rings (SSSR count). The summed E-state index contributed by atoms with van der Waals surface area (Å²) in [4.78, 5) is 13.4. The number of oxime groups is 1. The minimum absolute atomic E-state index is 0.0187. The Morgan fingerprint density at radius 2 is 2.44 bits per heavy atom. The molecule has 16 heavy (non-hydrogen) atoms. The van der Waals surface area contributed by atoms with Crippen LogP contribution in [0.4, 0.5) is 0 Å². The number of hydrogen-bond donors (Lipinski definition) is 2. The van der Waals surface area contributed by atoms with Crippen molar-refractivity contribution in [1.29, 1.82) is 0 Å². The van der Waals surface area contributed by atoms with Crippen LogP contribution in [0.2, 0.25) is 0 Å². The number of nitrogens with two attached hydrogens (primary N) is 1. The molecule has 0 aromatic carbocycles. The van der Waals surface area contributed by atoms with Crippen molar-refractivity contribution >= 4 is 27.7 Å². The van der Waals surface area contributed by atoms with Crippen molar-refractivity contribution in [1.82, 2.24) is 4.90 Å². The highest BCUT2D eigenvalue weighted by molar-refractivity contribution is 9.10. The molecule has 3 N–H and O–H groups in total. The van der Waals surface area contributed by atoms with Gasteiger partial charge in [-0.2, -0.15) is 0 Å². The number of furan rings is 1. The number of nitrogens with zero attached hydrogens (tertiary/aromatic N) is 2. The van der Waals surface area contributed by atoms with Crippen molar-refractivity contribution < 1.29 is 14.4 Å². The van der Waals surface area contributed by atoms with Crippen LogP contribution in [0.3, 0.4) is 0 Å². The Labute approximate surface area is 101 Å². The summed E-state index contributed by atoms with van der Waals surface area (Å²) in [6.45, 7) is 2.33. The Bertz CT molecular complexity index is 402. The first-order valence-corrected chi connectivity index (χ1v) is 5.38. The zero-order valence-electron chi connectivity index (χ0n) is 8.68. The molecular formula is C9H12BrN3O3. The molecular weight excluding hydrogens is 278 g/mol. The third-order valence-electron chi connectivity index (χ3n) is 2.00. The van der Waals surface area contributed by atoms with Gasteiger partial charge in [0.15, 0.2) is 10.5 Å². The third-order valence-corrected chi connectivity index (χ3v) is 2.61. The second-order valence-corrected chi connectivity index (χ2v) is 3.74. The van der Waals surface area contributed by atoms with Gasteiger partial charge in [-0.05, 0) is 28.9 Å². The molecule has 7 heteroatoms. The van der Waals surface area contributed by atoms with Crippen LogP contribution in [0.1, 0.15) is 17.3 Å². The maximum absolute atomic E-state index is 12.0. The number of carbonyl (C=O) groups is 1. The van der Waals surface area contributed by atoms with E-state index < -0.39 is 0 Å². The number of amidine groups is 1. The van der Waals surface area contributed by atoms with Gasteiger partial charge in [0.2, 0.25) is 0 Å². The molecule has 0 aliphatic carbocycles. The van der Waals surface area contributed by atoms with E-state index in [-0.39, 0.29) is 18.3 Å². The van der Waals surface area contributed by atoms with E-state index in [4.69, 9.17) is 15.4 Å². The van der Waals surface area contributed by atoms with Gasteiger partial charge in [0.1, 0.15) is 0 Å². The van der Waals surface area contributed by atoms with E-state index in [2.05, 4.69) is 21.1 Å². The Kier molecular flexibility index (Phi) is 4.36. The first-order chi connectivity index (χ1) is 7.60. The van der Waals surface area contributed by atoms with E-state index in [9.17, 15) is 4.79 Å².